The smallest absolute Gasteiger partial charge is 0.151 e. The fourth-order valence-electron chi connectivity index (χ4n) is 3.17. The Morgan fingerprint density at radius 2 is 1.79 bits per heavy atom. The molecule has 0 spiro atoms. The van der Waals surface area contributed by atoms with E-state index in [2.05, 4.69) is 15.1 Å². The molecule has 0 amide bonds. The van der Waals surface area contributed by atoms with Crippen LogP contribution >= 0.6 is 0 Å². The molecule has 0 radical (unpaired) electrons. The van der Waals surface area contributed by atoms with Gasteiger partial charge >= 0.3 is 0 Å². The monoisotopic (exact) mass is 287 g/mol. The van der Waals surface area contributed by atoms with Gasteiger partial charge in [0.15, 0.2) is 9.84 Å². The highest BCUT2D eigenvalue weighted by Crippen LogP contribution is 2.27. The van der Waals surface area contributed by atoms with Gasteiger partial charge in [0.25, 0.3) is 0 Å². The molecule has 0 aromatic rings. The fraction of sp³-hybridized carbons (Fsp3) is 1.00. The summed E-state index contributed by atoms with van der Waals surface area (Å²) in [5.41, 5.74) is 0. The topological polar surface area (TPSA) is 52.7 Å². The van der Waals surface area contributed by atoms with Crippen LogP contribution < -0.4 is 5.32 Å². The van der Waals surface area contributed by atoms with E-state index in [4.69, 9.17) is 0 Å². The Labute approximate surface area is 116 Å². The second-order valence-corrected chi connectivity index (χ2v) is 8.39. The van der Waals surface area contributed by atoms with Gasteiger partial charge in [0, 0.05) is 51.4 Å². The van der Waals surface area contributed by atoms with E-state index in [0.717, 1.165) is 25.6 Å². The van der Waals surface area contributed by atoms with Crippen molar-refractivity contribution in [1.29, 1.82) is 0 Å². The maximum atomic E-state index is 11.4. The first kappa shape index (κ1) is 13.8. The standard InChI is InChI=1S/C13H25N3O2S/c17-19(18)10-3-12(11-19)14-4-5-15-6-8-16(9-7-15)13-1-2-13/h12-14H,1-11H2. The zero-order valence-corrected chi connectivity index (χ0v) is 12.4. The van der Waals surface area contributed by atoms with Crippen molar-refractivity contribution < 1.29 is 8.42 Å². The number of rotatable bonds is 5. The Bertz CT molecular complexity index is 400. The average Bonchev–Trinajstić information content (AvgIpc) is 3.16. The van der Waals surface area contributed by atoms with Crippen molar-refractivity contribution in [2.75, 3.05) is 50.8 Å². The van der Waals surface area contributed by atoms with Gasteiger partial charge in [0.1, 0.15) is 0 Å². The molecular formula is C13H25N3O2S. The first-order chi connectivity index (χ1) is 9.12. The first-order valence-corrected chi connectivity index (χ1v) is 9.35. The fourth-order valence-corrected chi connectivity index (χ4v) is 4.88. The van der Waals surface area contributed by atoms with Crippen molar-refractivity contribution in [2.45, 2.75) is 31.3 Å². The van der Waals surface area contributed by atoms with Gasteiger partial charge in [-0.1, -0.05) is 0 Å². The summed E-state index contributed by atoms with van der Waals surface area (Å²) in [4.78, 5) is 5.11. The van der Waals surface area contributed by atoms with Crippen LogP contribution in [0, 0.1) is 0 Å². The third-order valence-electron chi connectivity index (χ3n) is 4.56. The van der Waals surface area contributed by atoms with Crippen molar-refractivity contribution in [2.24, 2.45) is 0 Å². The molecule has 1 saturated carbocycles. The van der Waals surface area contributed by atoms with Crippen molar-refractivity contribution in [1.82, 2.24) is 15.1 Å². The van der Waals surface area contributed by atoms with Crippen LogP contribution in [0.4, 0.5) is 0 Å². The van der Waals surface area contributed by atoms with Crippen LogP contribution in [0.2, 0.25) is 0 Å². The minimum absolute atomic E-state index is 0.192. The summed E-state index contributed by atoms with van der Waals surface area (Å²) >= 11 is 0. The molecule has 3 aliphatic rings. The third-order valence-corrected chi connectivity index (χ3v) is 6.33. The van der Waals surface area contributed by atoms with Crippen LogP contribution in [0.1, 0.15) is 19.3 Å². The van der Waals surface area contributed by atoms with E-state index in [1.807, 2.05) is 0 Å². The normalized spacial score (nSPS) is 32.7. The summed E-state index contributed by atoms with van der Waals surface area (Å²) < 4.78 is 22.7. The Kier molecular flexibility index (Phi) is 4.12. The van der Waals surface area contributed by atoms with Crippen LogP contribution in [0.25, 0.3) is 0 Å². The van der Waals surface area contributed by atoms with Crippen LogP contribution in [0.15, 0.2) is 0 Å². The van der Waals surface area contributed by atoms with Gasteiger partial charge in [0.05, 0.1) is 11.5 Å². The van der Waals surface area contributed by atoms with E-state index in [1.165, 1.54) is 39.0 Å². The molecule has 3 rings (SSSR count). The van der Waals surface area contributed by atoms with Crippen molar-refractivity contribution >= 4 is 9.84 Å². The molecule has 2 aliphatic heterocycles. The van der Waals surface area contributed by atoms with Crippen molar-refractivity contribution in [3.05, 3.63) is 0 Å². The highest BCUT2D eigenvalue weighted by atomic mass is 32.2. The molecule has 1 N–H and O–H groups in total. The number of nitrogens with one attached hydrogen (secondary N) is 1. The summed E-state index contributed by atoms with van der Waals surface area (Å²) in [5.74, 6) is 0.702. The van der Waals surface area contributed by atoms with Gasteiger partial charge in [-0.3, -0.25) is 9.80 Å². The lowest BCUT2D eigenvalue weighted by Gasteiger charge is -2.35. The summed E-state index contributed by atoms with van der Waals surface area (Å²) in [6.07, 6.45) is 3.59. The van der Waals surface area contributed by atoms with E-state index in [9.17, 15) is 8.42 Å². The van der Waals surface area contributed by atoms with Gasteiger partial charge in [-0.05, 0) is 19.3 Å². The summed E-state index contributed by atoms with van der Waals surface area (Å²) in [5, 5.41) is 3.40. The van der Waals surface area contributed by atoms with Gasteiger partial charge in [-0.15, -0.1) is 0 Å². The molecule has 2 saturated heterocycles. The molecule has 6 heteroatoms. The molecule has 1 atom stereocenters. The maximum absolute atomic E-state index is 11.4. The predicted molar refractivity (Wildman–Crippen MR) is 76.1 cm³/mol. The molecule has 2 heterocycles. The molecule has 5 nitrogen and oxygen atoms in total. The van der Waals surface area contributed by atoms with Gasteiger partial charge in [-0.25, -0.2) is 8.42 Å². The first-order valence-electron chi connectivity index (χ1n) is 7.53. The van der Waals surface area contributed by atoms with Crippen molar-refractivity contribution in [3.63, 3.8) is 0 Å². The second kappa shape index (κ2) is 5.68. The zero-order valence-electron chi connectivity index (χ0n) is 11.6. The number of hydrogen-bond acceptors (Lipinski definition) is 5. The Balaban J connectivity index is 1.30. The largest absolute Gasteiger partial charge is 0.312 e. The van der Waals surface area contributed by atoms with Crippen LogP contribution in [0.5, 0.6) is 0 Å². The Morgan fingerprint density at radius 1 is 1.05 bits per heavy atom. The van der Waals surface area contributed by atoms with E-state index >= 15 is 0 Å². The average molecular weight is 287 g/mol. The minimum atomic E-state index is -2.74. The Hall–Kier alpha value is -0.170. The van der Waals surface area contributed by atoms with Gasteiger partial charge < -0.3 is 5.32 Å². The molecule has 110 valence electrons. The van der Waals surface area contributed by atoms with Gasteiger partial charge in [0.2, 0.25) is 0 Å². The maximum Gasteiger partial charge on any atom is 0.151 e. The molecule has 1 aliphatic carbocycles. The SMILES string of the molecule is O=S1(=O)CCC(NCCN2CCN(C3CC3)CC2)C1. The van der Waals surface area contributed by atoms with Crippen molar-refractivity contribution in [3.8, 4) is 0 Å². The zero-order chi connectivity index (χ0) is 13.3. The van der Waals surface area contributed by atoms with Crippen LogP contribution in [0.3, 0.4) is 0 Å². The second-order valence-electron chi connectivity index (χ2n) is 6.16. The molecule has 19 heavy (non-hydrogen) atoms. The molecule has 3 fully saturated rings. The molecule has 0 bridgehead atoms. The van der Waals surface area contributed by atoms with Crippen LogP contribution in [-0.2, 0) is 9.84 Å². The van der Waals surface area contributed by atoms with E-state index in [0.29, 0.717) is 11.5 Å². The summed E-state index contributed by atoms with van der Waals surface area (Å²) in [6, 6.07) is 1.08. The highest BCUT2D eigenvalue weighted by molar-refractivity contribution is 7.91. The van der Waals surface area contributed by atoms with E-state index in [1.54, 1.807) is 0 Å². The summed E-state index contributed by atoms with van der Waals surface area (Å²) in [6.45, 7) is 6.73. The lowest BCUT2D eigenvalue weighted by atomic mass is 10.2. The number of sulfone groups is 1. The quantitative estimate of drug-likeness (QED) is 0.742. The number of hydrogen-bond donors (Lipinski definition) is 1. The van der Waals surface area contributed by atoms with E-state index < -0.39 is 9.84 Å². The molecule has 0 aromatic carbocycles. The van der Waals surface area contributed by atoms with Gasteiger partial charge in [-0.2, -0.15) is 0 Å². The molecule has 0 aromatic heterocycles. The lowest BCUT2D eigenvalue weighted by molar-refractivity contribution is 0.126. The van der Waals surface area contributed by atoms with Crippen LogP contribution in [-0.4, -0.2) is 81.1 Å². The molecular weight excluding hydrogens is 262 g/mol. The number of nitrogens with zero attached hydrogens (tertiary/aromatic N) is 2. The molecule has 1 unspecified atom stereocenters. The van der Waals surface area contributed by atoms with E-state index in [-0.39, 0.29) is 6.04 Å². The minimum Gasteiger partial charge on any atom is -0.312 e. The Morgan fingerprint density at radius 3 is 2.37 bits per heavy atom. The summed E-state index contributed by atoms with van der Waals surface area (Å²) in [7, 11) is -2.74. The predicted octanol–water partition coefficient (Wildman–Crippen LogP) is -0.457. The third kappa shape index (κ3) is 3.90. The lowest BCUT2D eigenvalue weighted by Crippen LogP contribution is -2.49. The number of piperazine rings is 1. The highest BCUT2D eigenvalue weighted by Gasteiger charge is 2.31.